The van der Waals surface area contributed by atoms with Crippen molar-refractivity contribution < 1.29 is 14.3 Å². The van der Waals surface area contributed by atoms with Crippen LogP contribution in [0.2, 0.25) is 0 Å². The summed E-state index contributed by atoms with van der Waals surface area (Å²) >= 11 is 1.75. The summed E-state index contributed by atoms with van der Waals surface area (Å²) in [6, 6.07) is 10.1. The highest BCUT2D eigenvalue weighted by atomic mass is 32.1. The first kappa shape index (κ1) is 17.8. The Morgan fingerprint density at radius 2 is 1.92 bits per heavy atom. The fraction of sp³-hybridized carbons (Fsp3) is 0.450. The molecule has 0 bridgehead atoms. The molecular weight excluding hydrogens is 334 g/mol. The van der Waals surface area contributed by atoms with E-state index in [1.54, 1.807) is 11.3 Å². The van der Waals surface area contributed by atoms with Gasteiger partial charge >= 0.3 is 0 Å². The van der Waals surface area contributed by atoms with Crippen molar-refractivity contribution in [2.24, 2.45) is 0 Å². The van der Waals surface area contributed by atoms with Gasteiger partial charge in [-0.1, -0.05) is 6.07 Å². The lowest BCUT2D eigenvalue weighted by molar-refractivity contribution is 0.0745. The zero-order chi connectivity index (χ0) is 17.6. The number of hydrogen-bond donors (Lipinski definition) is 0. The normalized spacial score (nSPS) is 13.5. The molecule has 5 heteroatoms. The van der Waals surface area contributed by atoms with Crippen LogP contribution in [0.25, 0.3) is 0 Å². The molecule has 0 radical (unpaired) electrons. The molecule has 1 saturated carbocycles. The summed E-state index contributed by atoms with van der Waals surface area (Å²) in [6.07, 6.45) is 3.12. The van der Waals surface area contributed by atoms with E-state index in [1.165, 1.54) is 4.88 Å². The monoisotopic (exact) mass is 359 g/mol. The van der Waals surface area contributed by atoms with Crippen LogP contribution in [0.5, 0.6) is 11.5 Å². The first-order valence-electron chi connectivity index (χ1n) is 8.96. The molecule has 1 aromatic heterocycles. The molecule has 1 heterocycles. The van der Waals surface area contributed by atoms with Crippen LogP contribution in [0.4, 0.5) is 0 Å². The molecule has 25 heavy (non-hydrogen) atoms. The molecule has 1 aromatic carbocycles. The second-order valence-electron chi connectivity index (χ2n) is 6.09. The minimum absolute atomic E-state index is 0.0862. The number of nitrogens with zero attached hydrogens (tertiary/aromatic N) is 1. The lowest BCUT2D eigenvalue weighted by Gasteiger charge is -2.23. The van der Waals surface area contributed by atoms with Gasteiger partial charge in [-0.2, -0.15) is 0 Å². The van der Waals surface area contributed by atoms with Gasteiger partial charge in [0.25, 0.3) is 5.91 Å². The van der Waals surface area contributed by atoms with E-state index in [4.69, 9.17) is 9.47 Å². The highest BCUT2D eigenvalue weighted by Gasteiger charge is 2.33. The third-order valence-electron chi connectivity index (χ3n) is 4.22. The first-order valence-corrected chi connectivity index (χ1v) is 9.83. The Labute approximate surface area is 153 Å². The molecule has 0 unspecified atom stereocenters. The number of carbonyl (C=O) groups is 1. The molecule has 1 amide bonds. The standard InChI is InChI=1S/C20H25NO3S/c1-3-23-18-10-7-15(14-19(18)24-4-2)20(22)21(16-8-9-16)12-11-17-6-5-13-25-17/h5-7,10,13-14,16H,3-4,8-9,11-12H2,1-2H3. The Hall–Kier alpha value is -2.01. The Kier molecular flexibility index (Phi) is 5.97. The summed E-state index contributed by atoms with van der Waals surface area (Å²) in [6.45, 7) is 5.75. The largest absolute Gasteiger partial charge is 0.490 e. The second kappa shape index (κ2) is 8.39. The summed E-state index contributed by atoms with van der Waals surface area (Å²) < 4.78 is 11.3. The van der Waals surface area contributed by atoms with Gasteiger partial charge < -0.3 is 14.4 Å². The van der Waals surface area contributed by atoms with Gasteiger partial charge in [-0.15, -0.1) is 11.3 Å². The van der Waals surface area contributed by atoms with Crippen LogP contribution in [-0.2, 0) is 6.42 Å². The number of benzene rings is 1. The third kappa shape index (κ3) is 4.54. The van der Waals surface area contributed by atoms with Crippen molar-refractivity contribution in [3.8, 4) is 11.5 Å². The van der Waals surface area contributed by atoms with Crippen LogP contribution in [0, 0.1) is 0 Å². The number of hydrogen-bond acceptors (Lipinski definition) is 4. The SMILES string of the molecule is CCOc1ccc(C(=O)N(CCc2cccs2)C2CC2)cc1OCC. The van der Waals surface area contributed by atoms with Crippen molar-refractivity contribution in [2.45, 2.75) is 39.2 Å². The van der Waals surface area contributed by atoms with Crippen molar-refractivity contribution in [1.82, 2.24) is 4.90 Å². The summed E-state index contributed by atoms with van der Waals surface area (Å²) in [4.78, 5) is 16.4. The van der Waals surface area contributed by atoms with Crippen LogP contribution in [0.1, 0.15) is 41.9 Å². The van der Waals surface area contributed by atoms with Crippen LogP contribution >= 0.6 is 11.3 Å². The van der Waals surface area contributed by atoms with E-state index in [9.17, 15) is 4.79 Å². The van der Waals surface area contributed by atoms with E-state index < -0.39 is 0 Å². The zero-order valence-corrected chi connectivity index (χ0v) is 15.7. The minimum atomic E-state index is 0.0862. The number of ether oxygens (including phenoxy) is 2. The zero-order valence-electron chi connectivity index (χ0n) is 14.9. The Bertz CT molecular complexity index is 695. The van der Waals surface area contributed by atoms with Crippen molar-refractivity contribution in [3.63, 3.8) is 0 Å². The van der Waals surface area contributed by atoms with Gasteiger partial charge in [-0.05, 0) is 62.8 Å². The third-order valence-corrected chi connectivity index (χ3v) is 5.15. The lowest BCUT2D eigenvalue weighted by Crippen LogP contribution is -2.34. The maximum absolute atomic E-state index is 13.0. The van der Waals surface area contributed by atoms with Crippen molar-refractivity contribution in [3.05, 3.63) is 46.2 Å². The van der Waals surface area contributed by atoms with Crippen LogP contribution < -0.4 is 9.47 Å². The Balaban J connectivity index is 1.75. The second-order valence-corrected chi connectivity index (χ2v) is 7.12. The maximum Gasteiger partial charge on any atom is 0.254 e. The Morgan fingerprint density at radius 1 is 1.16 bits per heavy atom. The predicted molar refractivity (Wildman–Crippen MR) is 101 cm³/mol. The van der Waals surface area contributed by atoms with Crippen LogP contribution in [0.3, 0.4) is 0 Å². The molecule has 1 aliphatic rings. The molecule has 0 spiro atoms. The molecule has 1 fully saturated rings. The molecule has 3 rings (SSSR count). The average molecular weight is 359 g/mol. The topological polar surface area (TPSA) is 38.8 Å². The average Bonchev–Trinajstić information content (AvgIpc) is 3.32. The smallest absolute Gasteiger partial charge is 0.254 e. The number of carbonyl (C=O) groups excluding carboxylic acids is 1. The van der Waals surface area contributed by atoms with Gasteiger partial charge in [0.1, 0.15) is 0 Å². The van der Waals surface area contributed by atoms with Gasteiger partial charge in [0.2, 0.25) is 0 Å². The van der Waals surface area contributed by atoms with Crippen molar-refractivity contribution in [2.75, 3.05) is 19.8 Å². The fourth-order valence-electron chi connectivity index (χ4n) is 2.87. The van der Waals surface area contributed by atoms with E-state index in [0.29, 0.717) is 36.3 Å². The molecule has 0 aliphatic heterocycles. The van der Waals surface area contributed by atoms with Crippen molar-refractivity contribution >= 4 is 17.2 Å². The van der Waals surface area contributed by atoms with E-state index in [0.717, 1.165) is 25.8 Å². The van der Waals surface area contributed by atoms with Gasteiger partial charge in [0, 0.05) is 23.0 Å². The lowest BCUT2D eigenvalue weighted by atomic mass is 10.1. The number of amides is 1. The molecule has 4 nitrogen and oxygen atoms in total. The summed E-state index contributed by atoms with van der Waals surface area (Å²) in [5, 5.41) is 2.08. The quantitative estimate of drug-likeness (QED) is 0.666. The molecular formula is C20H25NO3S. The highest BCUT2D eigenvalue weighted by Crippen LogP contribution is 2.32. The van der Waals surface area contributed by atoms with E-state index >= 15 is 0 Å². The molecule has 2 aromatic rings. The minimum Gasteiger partial charge on any atom is -0.490 e. The highest BCUT2D eigenvalue weighted by molar-refractivity contribution is 7.09. The van der Waals surface area contributed by atoms with Crippen molar-refractivity contribution in [1.29, 1.82) is 0 Å². The molecule has 134 valence electrons. The van der Waals surface area contributed by atoms with Crippen LogP contribution in [-0.4, -0.2) is 36.6 Å². The summed E-state index contributed by atoms with van der Waals surface area (Å²) in [7, 11) is 0. The van der Waals surface area contributed by atoms with Crippen LogP contribution in [0.15, 0.2) is 35.7 Å². The van der Waals surface area contributed by atoms with E-state index in [-0.39, 0.29) is 5.91 Å². The predicted octanol–water partition coefficient (Wildman–Crippen LogP) is 4.39. The fourth-order valence-corrected chi connectivity index (χ4v) is 3.57. The van der Waals surface area contributed by atoms with Gasteiger partial charge in [0.15, 0.2) is 11.5 Å². The molecule has 0 N–H and O–H groups in total. The molecule has 1 aliphatic carbocycles. The molecule has 0 atom stereocenters. The number of rotatable bonds is 9. The van der Waals surface area contributed by atoms with Gasteiger partial charge in [-0.25, -0.2) is 0 Å². The first-order chi connectivity index (χ1) is 12.2. The van der Waals surface area contributed by atoms with Gasteiger partial charge in [0.05, 0.1) is 13.2 Å². The van der Waals surface area contributed by atoms with E-state index in [1.807, 2.05) is 36.9 Å². The van der Waals surface area contributed by atoms with E-state index in [2.05, 4.69) is 17.5 Å². The summed E-state index contributed by atoms with van der Waals surface area (Å²) in [5.41, 5.74) is 0.671. The van der Waals surface area contributed by atoms with Gasteiger partial charge in [-0.3, -0.25) is 4.79 Å². The molecule has 0 saturated heterocycles. The summed E-state index contributed by atoms with van der Waals surface area (Å²) in [5.74, 6) is 1.42. The maximum atomic E-state index is 13.0. The Morgan fingerprint density at radius 3 is 2.56 bits per heavy atom. The number of thiophene rings is 1.